The Morgan fingerprint density at radius 1 is 1.59 bits per heavy atom. The fraction of sp³-hybridized carbons (Fsp3) is 0.538. The van der Waals surface area contributed by atoms with Crippen LogP contribution >= 0.6 is 0 Å². The van der Waals surface area contributed by atoms with Gasteiger partial charge in [-0.2, -0.15) is 0 Å². The number of esters is 1. The standard InChI is InChI=1S/C13H16O4/c1-4-16-12(15)10-11-8(5-6-17-11)9(14)7-13(10,2)3/h5-6,10H,4,7H2,1-3H3. The van der Waals surface area contributed by atoms with Crippen molar-refractivity contribution in [2.24, 2.45) is 5.41 Å². The summed E-state index contributed by atoms with van der Waals surface area (Å²) in [4.78, 5) is 23.9. The summed E-state index contributed by atoms with van der Waals surface area (Å²) >= 11 is 0. The van der Waals surface area contributed by atoms with E-state index in [2.05, 4.69) is 0 Å². The van der Waals surface area contributed by atoms with Crippen molar-refractivity contribution in [3.05, 3.63) is 23.7 Å². The molecule has 1 aromatic rings. The van der Waals surface area contributed by atoms with Gasteiger partial charge in [-0.25, -0.2) is 0 Å². The summed E-state index contributed by atoms with van der Waals surface area (Å²) in [5.41, 5.74) is 0.0520. The molecule has 1 aliphatic carbocycles. The average Bonchev–Trinajstić information content (AvgIpc) is 2.65. The van der Waals surface area contributed by atoms with Crippen molar-refractivity contribution in [2.45, 2.75) is 33.1 Å². The molecule has 1 aromatic heterocycles. The van der Waals surface area contributed by atoms with Crippen LogP contribution in [-0.4, -0.2) is 18.4 Å². The fourth-order valence-corrected chi connectivity index (χ4v) is 2.39. The summed E-state index contributed by atoms with van der Waals surface area (Å²) in [5, 5.41) is 0. The van der Waals surface area contributed by atoms with Crippen LogP contribution in [0.25, 0.3) is 0 Å². The summed E-state index contributed by atoms with van der Waals surface area (Å²) in [6.45, 7) is 5.87. The number of fused-ring (bicyclic) bond motifs is 1. The molecule has 0 aliphatic heterocycles. The second-order valence-electron chi connectivity index (χ2n) is 4.97. The number of Topliss-reactive ketones (excluding diaryl/α,β-unsaturated/α-hetero) is 1. The minimum atomic E-state index is -0.495. The largest absolute Gasteiger partial charge is 0.468 e. The molecule has 2 rings (SSSR count). The van der Waals surface area contributed by atoms with E-state index in [0.717, 1.165) is 0 Å². The number of hydrogen-bond donors (Lipinski definition) is 0. The Hall–Kier alpha value is -1.58. The van der Waals surface area contributed by atoms with Gasteiger partial charge in [0.25, 0.3) is 0 Å². The molecule has 4 nitrogen and oxygen atoms in total. The monoisotopic (exact) mass is 236 g/mol. The van der Waals surface area contributed by atoms with Gasteiger partial charge in [0.05, 0.1) is 18.4 Å². The third-order valence-corrected chi connectivity index (χ3v) is 3.18. The summed E-state index contributed by atoms with van der Waals surface area (Å²) in [7, 11) is 0. The van der Waals surface area contributed by atoms with Crippen LogP contribution in [0.2, 0.25) is 0 Å². The maximum Gasteiger partial charge on any atom is 0.317 e. The van der Waals surface area contributed by atoms with E-state index in [4.69, 9.17) is 9.15 Å². The van der Waals surface area contributed by atoms with E-state index in [1.54, 1.807) is 13.0 Å². The van der Waals surface area contributed by atoms with E-state index in [9.17, 15) is 9.59 Å². The lowest BCUT2D eigenvalue weighted by molar-refractivity contribution is -0.148. The minimum absolute atomic E-state index is 0.0271. The van der Waals surface area contributed by atoms with Gasteiger partial charge in [-0.15, -0.1) is 0 Å². The van der Waals surface area contributed by atoms with Crippen LogP contribution in [0.4, 0.5) is 0 Å². The molecule has 0 spiro atoms. The highest BCUT2D eigenvalue weighted by molar-refractivity contribution is 6.01. The van der Waals surface area contributed by atoms with Crippen LogP contribution in [0.1, 0.15) is 49.2 Å². The van der Waals surface area contributed by atoms with Gasteiger partial charge in [0, 0.05) is 6.42 Å². The van der Waals surface area contributed by atoms with Crippen molar-refractivity contribution in [2.75, 3.05) is 6.61 Å². The summed E-state index contributed by atoms with van der Waals surface area (Å²) in [6.07, 6.45) is 1.79. The van der Waals surface area contributed by atoms with Gasteiger partial charge in [0.15, 0.2) is 5.78 Å². The summed E-state index contributed by atoms with van der Waals surface area (Å²) in [5.74, 6) is -0.338. The molecule has 0 aromatic carbocycles. The van der Waals surface area contributed by atoms with Crippen molar-refractivity contribution in [3.8, 4) is 0 Å². The fourth-order valence-electron chi connectivity index (χ4n) is 2.39. The molecule has 0 saturated heterocycles. The maximum absolute atomic E-state index is 12.0. The Morgan fingerprint density at radius 3 is 2.94 bits per heavy atom. The zero-order chi connectivity index (χ0) is 12.6. The molecule has 0 amide bonds. The molecule has 1 atom stereocenters. The summed E-state index contributed by atoms with van der Waals surface area (Å²) in [6, 6.07) is 1.62. The van der Waals surface area contributed by atoms with Crippen LogP contribution in [0.3, 0.4) is 0 Å². The molecule has 1 aliphatic rings. The van der Waals surface area contributed by atoms with Crippen molar-refractivity contribution in [1.82, 2.24) is 0 Å². The third kappa shape index (κ3) is 1.88. The molecule has 0 bridgehead atoms. The molecule has 0 fully saturated rings. The Labute approximate surface area is 99.9 Å². The van der Waals surface area contributed by atoms with E-state index < -0.39 is 11.3 Å². The average molecular weight is 236 g/mol. The predicted molar refractivity (Wildman–Crippen MR) is 60.8 cm³/mol. The van der Waals surface area contributed by atoms with Gasteiger partial charge < -0.3 is 9.15 Å². The number of rotatable bonds is 2. The van der Waals surface area contributed by atoms with Crippen molar-refractivity contribution < 1.29 is 18.7 Å². The number of ether oxygens (including phenoxy) is 1. The molecular weight excluding hydrogens is 220 g/mol. The van der Waals surface area contributed by atoms with Gasteiger partial charge in [-0.3, -0.25) is 9.59 Å². The molecular formula is C13H16O4. The molecule has 1 unspecified atom stereocenters. The summed E-state index contributed by atoms with van der Waals surface area (Å²) < 4.78 is 10.4. The lowest BCUT2D eigenvalue weighted by Crippen LogP contribution is -2.36. The van der Waals surface area contributed by atoms with Crippen LogP contribution in [0.15, 0.2) is 16.7 Å². The Kier molecular flexibility index (Phi) is 2.81. The van der Waals surface area contributed by atoms with Gasteiger partial charge >= 0.3 is 5.97 Å². The molecule has 1 heterocycles. The maximum atomic E-state index is 12.0. The zero-order valence-electron chi connectivity index (χ0n) is 10.3. The second kappa shape index (κ2) is 4.02. The Balaban J connectivity index is 2.45. The quantitative estimate of drug-likeness (QED) is 0.740. The van der Waals surface area contributed by atoms with E-state index in [0.29, 0.717) is 24.4 Å². The first-order valence-corrected chi connectivity index (χ1v) is 5.74. The van der Waals surface area contributed by atoms with Gasteiger partial charge in [0.2, 0.25) is 0 Å². The SMILES string of the molecule is CCOC(=O)C1c2occc2C(=O)CC1(C)C. The van der Waals surface area contributed by atoms with Crippen LogP contribution in [-0.2, 0) is 9.53 Å². The van der Waals surface area contributed by atoms with Crippen LogP contribution in [0, 0.1) is 5.41 Å². The Morgan fingerprint density at radius 2 is 2.29 bits per heavy atom. The van der Waals surface area contributed by atoms with Gasteiger partial charge in [-0.1, -0.05) is 13.8 Å². The van der Waals surface area contributed by atoms with E-state index in [1.165, 1.54) is 6.26 Å². The van der Waals surface area contributed by atoms with Crippen LogP contribution in [0.5, 0.6) is 0 Å². The molecule has 92 valence electrons. The van der Waals surface area contributed by atoms with Crippen molar-refractivity contribution >= 4 is 11.8 Å². The third-order valence-electron chi connectivity index (χ3n) is 3.18. The predicted octanol–water partition coefficient (Wildman–Crippen LogP) is 2.54. The first-order chi connectivity index (χ1) is 7.97. The molecule has 0 N–H and O–H groups in total. The van der Waals surface area contributed by atoms with Crippen molar-refractivity contribution in [3.63, 3.8) is 0 Å². The smallest absolute Gasteiger partial charge is 0.317 e. The lowest BCUT2D eigenvalue weighted by atomic mass is 9.68. The molecule has 17 heavy (non-hydrogen) atoms. The molecule has 0 radical (unpaired) electrons. The number of hydrogen-bond acceptors (Lipinski definition) is 4. The number of carbonyl (C=O) groups excluding carboxylic acids is 2. The highest BCUT2D eigenvalue weighted by Gasteiger charge is 2.47. The van der Waals surface area contributed by atoms with Gasteiger partial charge in [-0.05, 0) is 18.4 Å². The van der Waals surface area contributed by atoms with E-state index in [1.807, 2.05) is 13.8 Å². The highest BCUT2D eigenvalue weighted by Crippen LogP contribution is 2.46. The topological polar surface area (TPSA) is 56.5 Å². The second-order valence-corrected chi connectivity index (χ2v) is 4.97. The van der Waals surface area contributed by atoms with Crippen LogP contribution < -0.4 is 0 Å². The molecule has 0 saturated carbocycles. The first-order valence-electron chi connectivity index (χ1n) is 5.74. The van der Waals surface area contributed by atoms with E-state index >= 15 is 0 Å². The highest BCUT2D eigenvalue weighted by atomic mass is 16.5. The molecule has 4 heteroatoms. The van der Waals surface area contributed by atoms with Crippen molar-refractivity contribution in [1.29, 1.82) is 0 Å². The lowest BCUT2D eigenvalue weighted by Gasteiger charge is -2.34. The van der Waals surface area contributed by atoms with E-state index in [-0.39, 0.29) is 11.8 Å². The minimum Gasteiger partial charge on any atom is -0.468 e. The normalized spacial score (nSPS) is 22.1. The number of furan rings is 1. The Bertz CT molecular complexity index is 456. The first kappa shape index (κ1) is 11.9. The number of carbonyl (C=O) groups is 2. The number of ketones is 1. The zero-order valence-corrected chi connectivity index (χ0v) is 10.3. The van der Waals surface area contributed by atoms with Gasteiger partial charge in [0.1, 0.15) is 11.7 Å².